The lowest BCUT2D eigenvalue weighted by atomic mass is 9.98. The first kappa shape index (κ1) is 24.8. The molecule has 0 aromatic heterocycles. The molecule has 1 aliphatic carbocycles. The Kier molecular flexibility index (Phi) is 9.76. The molecule has 0 bridgehead atoms. The Morgan fingerprint density at radius 1 is 0.848 bits per heavy atom. The van der Waals surface area contributed by atoms with E-state index in [0.717, 1.165) is 25.7 Å². The Morgan fingerprint density at radius 3 is 2.18 bits per heavy atom. The van der Waals surface area contributed by atoms with Crippen LogP contribution in [0, 0.1) is 0 Å². The molecule has 1 aliphatic rings. The summed E-state index contributed by atoms with van der Waals surface area (Å²) in [7, 11) is 1.69. The summed E-state index contributed by atoms with van der Waals surface area (Å²) in [4.78, 5) is 25.6. The maximum Gasteiger partial charge on any atom is 0.409 e. The van der Waals surface area contributed by atoms with Gasteiger partial charge in [-0.3, -0.25) is 4.79 Å². The summed E-state index contributed by atoms with van der Waals surface area (Å²) in [6.45, 7) is 3.75. The first-order valence-electron chi connectivity index (χ1n) is 11.9. The van der Waals surface area contributed by atoms with E-state index in [0.29, 0.717) is 32.8 Å². The second-order valence-electron chi connectivity index (χ2n) is 8.37. The van der Waals surface area contributed by atoms with Gasteiger partial charge in [0.2, 0.25) is 0 Å². The van der Waals surface area contributed by atoms with E-state index in [-0.39, 0.29) is 24.6 Å². The molecule has 0 atom stereocenters. The van der Waals surface area contributed by atoms with Gasteiger partial charge in [0.25, 0.3) is 0 Å². The van der Waals surface area contributed by atoms with Crippen LogP contribution < -0.4 is 0 Å². The molecule has 6 nitrogen and oxygen atoms in total. The van der Waals surface area contributed by atoms with Gasteiger partial charge in [0, 0.05) is 25.9 Å². The van der Waals surface area contributed by atoms with Crippen LogP contribution in [0.15, 0.2) is 48.5 Å². The highest BCUT2D eigenvalue weighted by Crippen LogP contribution is 2.44. The van der Waals surface area contributed by atoms with Crippen molar-refractivity contribution < 1.29 is 23.8 Å². The molecule has 0 saturated carbocycles. The number of hydrogen-bond donors (Lipinski definition) is 0. The number of esters is 1. The van der Waals surface area contributed by atoms with Crippen LogP contribution in [0.25, 0.3) is 11.1 Å². The summed E-state index contributed by atoms with van der Waals surface area (Å²) < 4.78 is 16.3. The predicted octanol–water partition coefficient (Wildman–Crippen LogP) is 5.40. The van der Waals surface area contributed by atoms with E-state index in [1.54, 1.807) is 7.05 Å². The Hall–Kier alpha value is -2.86. The lowest BCUT2D eigenvalue weighted by molar-refractivity contribution is -0.145. The fourth-order valence-corrected chi connectivity index (χ4v) is 4.08. The van der Waals surface area contributed by atoms with Gasteiger partial charge in [0.05, 0.1) is 13.2 Å². The van der Waals surface area contributed by atoms with Gasteiger partial charge in [0.1, 0.15) is 13.2 Å². The van der Waals surface area contributed by atoms with Gasteiger partial charge in [-0.2, -0.15) is 0 Å². The molecule has 0 spiro atoms. The van der Waals surface area contributed by atoms with Crippen molar-refractivity contribution in [1.29, 1.82) is 0 Å². The topological polar surface area (TPSA) is 65.1 Å². The molecule has 0 N–H and O–H groups in total. The number of fused-ring (bicyclic) bond motifs is 3. The minimum Gasteiger partial charge on any atom is -0.463 e. The van der Waals surface area contributed by atoms with Crippen molar-refractivity contribution in [1.82, 2.24) is 4.90 Å². The van der Waals surface area contributed by atoms with E-state index in [1.165, 1.54) is 27.2 Å². The zero-order valence-corrected chi connectivity index (χ0v) is 19.8. The highest BCUT2D eigenvalue weighted by Gasteiger charge is 2.29. The number of likely N-dealkylation sites (N-methyl/N-ethyl adjacent to an activating group) is 1. The minimum atomic E-state index is -0.376. The predicted molar refractivity (Wildman–Crippen MR) is 128 cm³/mol. The van der Waals surface area contributed by atoms with Crippen LogP contribution in [0.5, 0.6) is 0 Å². The number of rotatable bonds is 13. The molecule has 3 rings (SSSR count). The lowest BCUT2D eigenvalue weighted by Gasteiger charge is -2.19. The zero-order valence-electron chi connectivity index (χ0n) is 19.8. The van der Waals surface area contributed by atoms with Crippen LogP contribution in [-0.2, 0) is 19.0 Å². The molecule has 0 radical (unpaired) electrons. The minimum absolute atomic E-state index is 0.0441. The van der Waals surface area contributed by atoms with Crippen LogP contribution in [0.2, 0.25) is 0 Å². The van der Waals surface area contributed by atoms with Gasteiger partial charge < -0.3 is 19.1 Å². The Morgan fingerprint density at radius 2 is 1.52 bits per heavy atom. The summed E-state index contributed by atoms with van der Waals surface area (Å²) in [5.41, 5.74) is 4.80. The van der Waals surface area contributed by atoms with Crippen molar-refractivity contribution in [2.75, 3.05) is 40.0 Å². The van der Waals surface area contributed by atoms with Crippen LogP contribution in [0.1, 0.15) is 56.1 Å². The summed E-state index contributed by atoms with van der Waals surface area (Å²) >= 11 is 0. The van der Waals surface area contributed by atoms with Crippen molar-refractivity contribution in [2.45, 2.75) is 44.9 Å². The van der Waals surface area contributed by atoms with Gasteiger partial charge in [-0.1, -0.05) is 74.7 Å². The van der Waals surface area contributed by atoms with Crippen LogP contribution in [0.3, 0.4) is 0 Å². The smallest absolute Gasteiger partial charge is 0.409 e. The maximum atomic E-state index is 12.5. The standard InChI is InChI=1S/C27H35NO5/c1-3-4-5-6-15-26(29)32-19-18-31-17-16-28(2)27(30)33-20-25-23-13-9-7-11-21(23)22-12-8-10-14-24(22)25/h7-14,25H,3-6,15-20H2,1-2H3. The number of carbonyl (C=O) groups is 2. The van der Waals surface area contributed by atoms with E-state index in [4.69, 9.17) is 14.2 Å². The number of nitrogens with zero attached hydrogens (tertiary/aromatic N) is 1. The lowest BCUT2D eigenvalue weighted by Crippen LogP contribution is -2.32. The van der Waals surface area contributed by atoms with E-state index >= 15 is 0 Å². The molecule has 33 heavy (non-hydrogen) atoms. The van der Waals surface area contributed by atoms with Crippen molar-refractivity contribution in [2.24, 2.45) is 0 Å². The molecule has 0 aliphatic heterocycles. The summed E-state index contributed by atoms with van der Waals surface area (Å²) in [5, 5.41) is 0. The molecule has 1 amide bonds. The molecule has 0 saturated heterocycles. The second-order valence-corrected chi connectivity index (χ2v) is 8.37. The van der Waals surface area contributed by atoms with Crippen molar-refractivity contribution >= 4 is 12.1 Å². The Labute approximate surface area is 196 Å². The molecule has 2 aromatic rings. The molecule has 0 heterocycles. The second kappa shape index (κ2) is 13.0. The van der Waals surface area contributed by atoms with Gasteiger partial charge in [-0.05, 0) is 28.7 Å². The third kappa shape index (κ3) is 7.06. The highest BCUT2D eigenvalue weighted by molar-refractivity contribution is 5.79. The molecule has 0 unspecified atom stereocenters. The average molecular weight is 454 g/mol. The molecular weight excluding hydrogens is 418 g/mol. The average Bonchev–Trinajstić information content (AvgIpc) is 3.16. The number of benzene rings is 2. The first-order valence-corrected chi connectivity index (χ1v) is 11.9. The highest BCUT2D eigenvalue weighted by atomic mass is 16.6. The molecule has 6 heteroatoms. The van der Waals surface area contributed by atoms with E-state index in [1.807, 2.05) is 24.3 Å². The molecule has 178 valence electrons. The monoisotopic (exact) mass is 453 g/mol. The number of unbranched alkanes of at least 4 members (excludes halogenated alkanes) is 3. The van der Waals surface area contributed by atoms with E-state index in [2.05, 4.69) is 31.2 Å². The first-order chi connectivity index (χ1) is 16.1. The fraction of sp³-hybridized carbons (Fsp3) is 0.481. The van der Waals surface area contributed by atoms with E-state index in [9.17, 15) is 9.59 Å². The van der Waals surface area contributed by atoms with Crippen molar-refractivity contribution in [3.63, 3.8) is 0 Å². The van der Waals surface area contributed by atoms with Gasteiger partial charge in [-0.15, -0.1) is 0 Å². The summed E-state index contributed by atoms with van der Waals surface area (Å²) in [6.07, 6.45) is 4.31. The Balaban J connectivity index is 1.33. The quantitative estimate of drug-likeness (QED) is 0.300. The SMILES string of the molecule is CCCCCCC(=O)OCCOCCN(C)C(=O)OCC1c2ccccc2-c2ccccc21. The largest absolute Gasteiger partial charge is 0.463 e. The van der Waals surface area contributed by atoms with Gasteiger partial charge in [-0.25, -0.2) is 4.79 Å². The summed E-state index contributed by atoms with van der Waals surface area (Å²) in [6, 6.07) is 16.5. The summed E-state index contributed by atoms with van der Waals surface area (Å²) in [5.74, 6) is -0.131. The van der Waals surface area contributed by atoms with Crippen LogP contribution in [-0.4, -0.2) is 57.0 Å². The normalized spacial score (nSPS) is 12.2. The number of ether oxygens (including phenoxy) is 3. The zero-order chi connectivity index (χ0) is 23.5. The molecule has 0 fully saturated rings. The van der Waals surface area contributed by atoms with Gasteiger partial charge in [0.15, 0.2) is 0 Å². The third-order valence-corrected chi connectivity index (χ3v) is 5.94. The molecule has 2 aromatic carbocycles. The van der Waals surface area contributed by atoms with Crippen molar-refractivity contribution in [3.05, 3.63) is 59.7 Å². The Bertz CT molecular complexity index is 867. The third-order valence-electron chi connectivity index (χ3n) is 5.94. The van der Waals surface area contributed by atoms with E-state index < -0.39 is 0 Å². The fourth-order valence-electron chi connectivity index (χ4n) is 4.08. The maximum absolute atomic E-state index is 12.5. The van der Waals surface area contributed by atoms with Crippen molar-refractivity contribution in [3.8, 4) is 11.1 Å². The van der Waals surface area contributed by atoms with Crippen LogP contribution >= 0.6 is 0 Å². The molecular formula is C27H35NO5. The van der Waals surface area contributed by atoms with Gasteiger partial charge >= 0.3 is 12.1 Å². The number of carbonyl (C=O) groups excluding carboxylic acids is 2. The number of amides is 1. The van der Waals surface area contributed by atoms with Crippen LogP contribution in [0.4, 0.5) is 4.79 Å². The number of hydrogen-bond acceptors (Lipinski definition) is 5.